The second-order valence-electron chi connectivity index (χ2n) is 5.80. The lowest BCUT2D eigenvalue weighted by Crippen LogP contribution is -2.29. The lowest BCUT2D eigenvalue weighted by molar-refractivity contribution is 0.0689. The molecule has 23 heavy (non-hydrogen) atoms. The molecule has 0 amide bonds. The van der Waals surface area contributed by atoms with Crippen LogP contribution in [0, 0.1) is 0 Å². The summed E-state index contributed by atoms with van der Waals surface area (Å²) in [6, 6.07) is 8.54. The second-order valence-corrected chi connectivity index (χ2v) is 6.21. The Bertz CT molecular complexity index is 701. The van der Waals surface area contributed by atoms with Crippen LogP contribution in [0.15, 0.2) is 36.7 Å². The Labute approximate surface area is 139 Å². The maximum atomic E-state index is 10.9. The van der Waals surface area contributed by atoms with Gasteiger partial charge < -0.3 is 5.11 Å². The first-order chi connectivity index (χ1) is 11.1. The van der Waals surface area contributed by atoms with E-state index in [1.807, 2.05) is 24.3 Å². The van der Waals surface area contributed by atoms with E-state index in [2.05, 4.69) is 21.8 Å². The minimum Gasteiger partial charge on any atom is -0.476 e. The Kier molecular flexibility index (Phi) is 4.59. The van der Waals surface area contributed by atoms with Crippen molar-refractivity contribution in [1.29, 1.82) is 0 Å². The Morgan fingerprint density at radius 3 is 2.65 bits per heavy atom. The first kappa shape index (κ1) is 15.9. The number of carboxylic acid groups (broad SMARTS) is 1. The molecule has 120 valence electrons. The predicted octanol–water partition coefficient (Wildman–Crippen LogP) is 3.55. The van der Waals surface area contributed by atoms with Crippen LogP contribution in [0.4, 0.5) is 0 Å². The highest BCUT2D eigenvalue weighted by Crippen LogP contribution is 2.37. The minimum absolute atomic E-state index is 0.0362. The van der Waals surface area contributed by atoms with Crippen molar-refractivity contribution in [3.8, 4) is 0 Å². The highest BCUT2D eigenvalue weighted by molar-refractivity contribution is 6.31. The molecular formula is C17H18ClN3O2. The van der Waals surface area contributed by atoms with Crippen molar-refractivity contribution < 1.29 is 9.90 Å². The first-order valence-corrected chi connectivity index (χ1v) is 7.98. The van der Waals surface area contributed by atoms with Crippen molar-refractivity contribution in [2.75, 3.05) is 0 Å². The monoisotopic (exact) mass is 331 g/mol. The van der Waals surface area contributed by atoms with Gasteiger partial charge in [-0.1, -0.05) is 29.8 Å². The molecule has 1 aliphatic carbocycles. The Hall–Kier alpha value is -1.98. The summed E-state index contributed by atoms with van der Waals surface area (Å²) in [6.45, 7) is 2.77. The van der Waals surface area contributed by atoms with E-state index in [4.69, 9.17) is 16.7 Å². The fourth-order valence-corrected chi connectivity index (χ4v) is 3.01. The molecule has 0 radical (unpaired) electrons. The highest BCUT2D eigenvalue weighted by atomic mass is 35.5. The number of halogens is 1. The summed E-state index contributed by atoms with van der Waals surface area (Å²) < 4.78 is 0. The summed E-state index contributed by atoms with van der Waals surface area (Å²) in [5.41, 5.74) is 1.82. The number of nitrogens with zero attached hydrogens (tertiary/aromatic N) is 3. The van der Waals surface area contributed by atoms with Gasteiger partial charge in [-0.3, -0.25) is 9.88 Å². The number of aromatic carboxylic acids is 1. The quantitative estimate of drug-likeness (QED) is 0.876. The van der Waals surface area contributed by atoms with Crippen LogP contribution < -0.4 is 0 Å². The van der Waals surface area contributed by atoms with Crippen LogP contribution >= 0.6 is 11.6 Å². The van der Waals surface area contributed by atoms with Gasteiger partial charge in [-0.15, -0.1) is 0 Å². The molecule has 2 aromatic rings. The topological polar surface area (TPSA) is 66.3 Å². The van der Waals surface area contributed by atoms with Gasteiger partial charge >= 0.3 is 5.97 Å². The van der Waals surface area contributed by atoms with E-state index in [-0.39, 0.29) is 11.7 Å². The maximum Gasteiger partial charge on any atom is 0.356 e. The standard InChI is InChI=1S/C17H18ClN3O2/c1-11(14-4-2-3-5-15(14)18)21(13-6-7-13)10-12-8-20-16(9-19-12)17(22)23/h2-5,8-9,11,13H,6-7,10H2,1H3,(H,22,23). The fraction of sp³-hybridized carbons (Fsp3) is 0.353. The van der Waals surface area contributed by atoms with Gasteiger partial charge in [-0.25, -0.2) is 9.78 Å². The molecule has 0 aliphatic heterocycles. The van der Waals surface area contributed by atoms with Crippen LogP contribution in [0.25, 0.3) is 0 Å². The molecule has 6 heteroatoms. The molecular weight excluding hydrogens is 314 g/mol. The molecule has 1 fully saturated rings. The zero-order valence-electron chi connectivity index (χ0n) is 12.8. The molecule has 1 aromatic carbocycles. The number of hydrogen-bond donors (Lipinski definition) is 1. The summed E-state index contributed by atoms with van der Waals surface area (Å²) in [5, 5.41) is 9.66. The molecule has 1 aromatic heterocycles. The van der Waals surface area contributed by atoms with Crippen molar-refractivity contribution in [1.82, 2.24) is 14.9 Å². The summed E-state index contributed by atoms with van der Waals surface area (Å²) in [6.07, 6.45) is 5.17. The molecule has 0 spiro atoms. The lowest BCUT2D eigenvalue weighted by atomic mass is 10.1. The molecule has 1 atom stereocenters. The van der Waals surface area contributed by atoms with Gasteiger partial charge in [0, 0.05) is 23.7 Å². The van der Waals surface area contributed by atoms with Crippen LogP contribution in [0.2, 0.25) is 5.02 Å². The predicted molar refractivity (Wildman–Crippen MR) is 87.4 cm³/mol. The molecule has 5 nitrogen and oxygen atoms in total. The molecule has 0 saturated heterocycles. The molecule has 0 bridgehead atoms. The van der Waals surface area contributed by atoms with Crippen molar-refractivity contribution in [2.45, 2.75) is 38.4 Å². The molecule has 1 unspecified atom stereocenters. The summed E-state index contributed by atoms with van der Waals surface area (Å²) >= 11 is 6.33. The van der Waals surface area contributed by atoms with Gasteiger partial charge in [0.2, 0.25) is 0 Å². The fourth-order valence-electron chi connectivity index (χ4n) is 2.71. The lowest BCUT2D eigenvalue weighted by Gasteiger charge is -2.29. The molecule has 1 aliphatic rings. The van der Waals surface area contributed by atoms with Gasteiger partial charge in [0.25, 0.3) is 0 Å². The summed E-state index contributed by atoms with van der Waals surface area (Å²) in [7, 11) is 0. The number of hydrogen-bond acceptors (Lipinski definition) is 4. The average Bonchev–Trinajstić information content (AvgIpc) is 3.37. The van der Waals surface area contributed by atoms with E-state index in [1.54, 1.807) is 0 Å². The first-order valence-electron chi connectivity index (χ1n) is 7.60. The largest absolute Gasteiger partial charge is 0.476 e. The Morgan fingerprint density at radius 2 is 2.09 bits per heavy atom. The zero-order valence-corrected chi connectivity index (χ0v) is 13.6. The van der Waals surface area contributed by atoms with Gasteiger partial charge in [0.05, 0.1) is 18.1 Å². The molecule has 1 N–H and O–H groups in total. The number of carbonyl (C=O) groups is 1. The van der Waals surface area contributed by atoms with Crippen LogP contribution in [-0.2, 0) is 6.54 Å². The van der Waals surface area contributed by atoms with Crippen LogP contribution in [-0.4, -0.2) is 32.0 Å². The van der Waals surface area contributed by atoms with E-state index in [9.17, 15) is 4.79 Å². The van der Waals surface area contributed by atoms with Gasteiger partial charge in [0.1, 0.15) is 0 Å². The smallest absolute Gasteiger partial charge is 0.356 e. The second kappa shape index (κ2) is 6.64. The van der Waals surface area contributed by atoms with E-state index < -0.39 is 5.97 Å². The van der Waals surface area contributed by atoms with Crippen LogP contribution in [0.1, 0.15) is 47.6 Å². The third-order valence-electron chi connectivity index (χ3n) is 4.14. The number of benzene rings is 1. The summed E-state index contributed by atoms with van der Waals surface area (Å²) in [5.74, 6) is -1.06. The molecule has 1 heterocycles. The number of aromatic nitrogens is 2. The van der Waals surface area contributed by atoms with Gasteiger partial charge in [-0.05, 0) is 31.4 Å². The van der Waals surface area contributed by atoms with E-state index >= 15 is 0 Å². The summed E-state index contributed by atoms with van der Waals surface area (Å²) in [4.78, 5) is 21.4. The van der Waals surface area contributed by atoms with Gasteiger partial charge in [0.15, 0.2) is 5.69 Å². The van der Waals surface area contributed by atoms with E-state index in [0.29, 0.717) is 12.6 Å². The van der Waals surface area contributed by atoms with E-state index in [0.717, 1.165) is 29.1 Å². The molecule has 3 rings (SSSR count). The minimum atomic E-state index is -1.06. The number of rotatable bonds is 6. The normalized spacial score (nSPS) is 15.6. The van der Waals surface area contributed by atoms with Crippen LogP contribution in [0.5, 0.6) is 0 Å². The van der Waals surface area contributed by atoms with Crippen molar-refractivity contribution in [3.05, 3.63) is 58.6 Å². The van der Waals surface area contributed by atoms with E-state index in [1.165, 1.54) is 12.4 Å². The Balaban J connectivity index is 1.79. The van der Waals surface area contributed by atoms with Crippen molar-refractivity contribution >= 4 is 17.6 Å². The highest BCUT2D eigenvalue weighted by Gasteiger charge is 2.33. The molecule has 1 saturated carbocycles. The van der Waals surface area contributed by atoms with Crippen molar-refractivity contribution in [2.24, 2.45) is 0 Å². The van der Waals surface area contributed by atoms with Gasteiger partial charge in [-0.2, -0.15) is 0 Å². The SMILES string of the molecule is CC(c1ccccc1Cl)N(Cc1cnc(C(=O)O)cn1)C1CC1. The zero-order chi connectivity index (χ0) is 16.4. The average molecular weight is 332 g/mol. The maximum absolute atomic E-state index is 10.9. The third-order valence-corrected chi connectivity index (χ3v) is 4.48. The van der Waals surface area contributed by atoms with Crippen LogP contribution in [0.3, 0.4) is 0 Å². The third kappa shape index (κ3) is 3.68. The Morgan fingerprint density at radius 1 is 1.35 bits per heavy atom. The number of carboxylic acids is 1. The van der Waals surface area contributed by atoms with Crippen molar-refractivity contribution in [3.63, 3.8) is 0 Å².